The van der Waals surface area contributed by atoms with Gasteiger partial charge in [0.25, 0.3) is 0 Å². The van der Waals surface area contributed by atoms with Crippen molar-refractivity contribution in [3.63, 3.8) is 0 Å². The van der Waals surface area contributed by atoms with Gasteiger partial charge in [-0.2, -0.15) is 4.68 Å². The van der Waals surface area contributed by atoms with E-state index in [0.29, 0.717) is 0 Å². The molecule has 0 saturated heterocycles. The van der Waals surface area contributed by atoms with Gasteiger partial charge in [-0.3, -0.25) is 9.59 Å². The largest absolute Gasteiger partial charge is 0.465 e. The summed E-state index contributed by atoms with van der Waals surface area (Å²) in [6.45, 7) is 1.73. The van der Waals surface area contributed by atoms with Crippen LogP contribution >= 0.6 is 0 Å². The van der Waals surface area contributed by atoms with Gasteiger partial charge in [0.15, 0.2) is 0 Å². The predicted molar refractivity (Wildman–Crippen MR) is 70.2 cm³/mol. The molecule has 0 aliphatic heterocycles. The van der Waals surface area contributed by atoms with E-state index in [-0.39, 0.29) is 37.5 Å². The minimum Gasteiger partial charge on any atom is -0.465 e. The lowest BCUT2D eigenvalue weighted by Gasteiger charge is -2.20. The van der Waals surface area contributed by atoms with Gasteiger partial charge in [-0.15, -0.1) is 0 Å². The van der Waals surface area contributed by atoms with Gasteiger partial charge in [-0.05, 0) is 24.7 Å². The van der Waals surface area contributed by atoms with E-state index >= 15 is 0 Å². The van der Waals surface area contributed by atoms with Gasteiger partial charge in [-0.1, -0.05) is 0 Å². The number of nitro groups is 1. The molecule has 1 aliphatic carbocycles. The molecular weight excluding hydrogens is 280 g/mol. The molecule has 0 N–H and O–H groups in total. The number of nitrogens with zero attached hydrogens (tertiary/aromatic N) is 4. The number of ether oxygens (including phenoxy) is 1. The third-order valence-corrected chi connectivity index (χ3v) is 3.02. The van der Waals surface area contributed by atoms with E-state index < -0.39 is 10.9 Å². The maximum atomic E-state index is 12.2. The molecule has 0 radical (unpaired) electrons. The maximum Gasteiger partial charge on any atom is 0.389 e. The topological polar surface area (TPSA) is 108 Å². The lowest BCUT2D eigenvalue weighted by Crippen LogP contribution is -2.40. The molecule has 1 aromatic rings. The summed E-state index contributed by atoms with van der Waals surface area (Å²) >= 11 is 0. The molecule has 0 atom stereocenters. The lowest BCUT2D eigenvalue weighted by molar-refractivity contribution is -0.389. The molecule has 1 saturated carbocycles. The molecule has 1 amide bonds. The fourth-order valence-electron chi connectivity index (χ4n) is 1.92. The Morgan fingerprint density at radius 1 is 1.57 bits per heavy atom. The summed E-state index contributed by atoms with van der Waals surface area (Å²) in [6.07, 6.45) is 3.07. The van der Waals surface area contributed by atoms with Crippen molar-refractivity contribution in [3.05, 3.63) is 22.4 Å². The molecule has 9 heteroatoms. The standard InChI is InChI=1S/C12H16N4O5/c1-2-21-12(18)8-15(9-3-4-9)11(17)7-14-6-5-10(13-14)16(19)20/h5-6,9H,2-4,7-8H2,1H3. The average Bonchev–Trinajstić information content (AvgIpc) is 3.15. The summed E-state index contributed by atoms with van der Waals surface area (Å²) in [5, 5.41) is 14.2. The fourth-order valence-corrected chi connectivity index (χ4v) is 1.92. The number of carbonyl (C=O) groups is 2. The molecule has 1 aromatic heterocycles. The molecule has 9 nitrogen and oxygen atoms in total. The van der Waals surface area contributed by atoms with Crippen LogP contribution in [-0.2, 0) is 20.9 Å². The molecule has 1 aliphatic rings. The monoisotopic (exact) mass is 296 g/mol. The van der Waals surface area contributed by atoms with E-state index in [2.05, 4.69) is 5.10 Å². The highest BCUT2D eigenvalue weighted by Crippen LogP contribution is 2.27. The van der Waals surface area contributed by atoms with Gasteiger partial charge in [0, 0.05) is 6.04 Å². The first-order chi connectivity index (χ1) is 10.0. The summed E-state index contributed by atoms with van der Waals surface area (Å²) in [7, 11) is 0. The van der Waals surface area contributed by atoms with Crippen molar-refractivity contribution in [2.24, 2.45) is 0 Å². The second-order valence-electron chi connectivity index (χ2n) is 4.69. The average molecular weight is 296 g/mol. The lowest BCUT2D eigenvalue weighted by atomic mass is 10.4. The van der Waals surface area contributed by atoms with Crippen LogP contribution in [0.4, 0.5) is 5.82 Å². The van der Waals surface area contributed by atoms with Crippen LogP contribution < -0.4 is 0 Å². The molecule has 0 unspecified atom stereocenters. The predicted octanol–water partition coefficient (Wildman–Crippen LogP) is 0.345. The van der Waals surface area contributed by atoms with Crippen molar-refractivity contribution in [2.75, 3.05) is 13.2 Å². The van der Waals surface area contributed by atoms with Crippen molar-refractivity contribution in [1.29, 1.82) is 0 Å². The quantitative estimate of drug-likeness (QED) is 0.408. The van der Waals surface area contributed by atoms with Crippen LogP contribution in [0.2, 0.25) is 0 Å². The van der Waals surface area contributed by atoms with E-state index in [1.807, 2.05) is 0 Å². The van der Waals surface area contributed by atoms with Crippen LogP contribution in [0.1, 0.15) is 19.8 Å². The number of carbonyl (C=O) groups excluding carboxylic acids is 2. The number of esters is 1. The first kappa shape index (κ1) is 14.9. The van der Waals surface area contributed by atoms with Crippen LogP contribution in [0.5, 0.6) is 0 Å². The second kappa shape index (κ2) is 6.33. The van der Waals surface area contributed by atoms with Crippen molar-refractivity contribution in [2.45, 2.75) is 32.4 Å². The smallest absolute Gasteiger partial charge is 0.389 e. The van der Waals surface area contributed by atoms with E-state index in [4.69, 9.17) is 4.74 Å². The summed E-state index contributed by atoms with van der Waals surface area (Å²) in [4.78, 5) is 35.1. The van der Waals surface area contributed by atoms with E-state index in [9.17, 15) is 19.7 Å². The molecule has 1 heterocycles. The highest BCUT2D eigenvalue weighted by Gasteiger charge is 2.34. The summed E-state index contributed by atoms with van der Waals surface area (Å²) < 4.78 is 6.04. The maximum absolute atomic E-state index is 12.2. The fraction of sp³-hybridized carbons (Fsp3) is 0.583. The van der Waals surface area contributed by atoms with Crippen molar-refractivity contribution in [1.82, 2.24) is 14.7 Å². The molecule has 114 valence electrons. The van der Waals surface area contributed by atoms with Crippen LogP contribution in [0, 0.1) is 10.1 Å². The van der Waals surface area contributed by atoms with Gasteiger partial charge < -0.3 is 19.8 Å². The van der Waals surface area contributed by atoms with E-state index in [1.54, 1.807) is 6.92 Å². The number of hydrogen-bond acceptors (Lipinski definition) is 6. The Kier molecular flexibility index (Phi) is 4.51. The summed E-state index contributed by atoms with van der Waals surface area (Å²) in [5.41, 5.74) is 0. The Morgan fingerprint density at radius 3 is 2.81 bits per heavy atom. The van der Waals surface area contributed by atoms with E-state index in [1.165, 1.54) is 21.8 Å². The third kappa shape index (κ3) is 4.01. The zero-order chi connectivity index (χ0) is 15.4. The van der Waals surface area contributed by atoms with Gasteiger partial charge in [0.2, 0.25) is 5.91 Å². The Labute approximate surface area is 120 Å². The van der Waals surface area contributed by atoms with Gasteiger partial charge in [0.1, 0.15) is 13.1 Å². The minimum atomic E-state index is -0.627. The second-order valence-corrected chi connectivity index (χ2v) is 4.69. The SMILES string of the molecule is CCOC(=O)CN(C(=O)Cn1ccc([N+](=O)[O-])n1)C1CC1. The first-order valence-electron chi connectivity index (χ1n) is 6.64. The molecular formula is C12H16N4O5. The Balaban J connectivity index is 1.97. The number of amides is 1. The van der Waals surface area contributed by atoms with Gasteiger partial charge >= 0.3 is 11.8 Å². The molecule has 1 fully saturated rings. The third-order valence-electron chi connectivity index (χ3n) is 3.02. The van der Waals surface area contributed by atoms with Crippen LogP contribution in [-0.4, -0.2) is 50.7 Å². The Bertz CT molecular complexity index is 552. The molecule has 0 bridgehead atoms. The molecule has 0 aromatic carbocycles. The van der Waals surface area contributed by atoms with Crippen molar-refractivity contribution in [3.8, 4) is 0 Å². The molecule has 0 spiro atoms. The van der Waals surface area contributed by atoms with Gasteiger partial charge in [0.05, 0.1) is 24.0 Å². The summed E-state index contributed by atoms with van der Waals surface area (Å²) in [5.74, 6) is -1.07. The zero-order valence-electron chi connectivity index (χ0n) is 11.6. The normalized spacial score (nSPS) is 13.8. The van der Waals surface area contributed by atoms with Crippen molar-refractivity contribution >= 4 is 17.7 Å². The van der Waals surface area contributed by atoms with Crippen LogP contribution in [0.25, 0.3) is 0 Å². The first-order valence-corrected chi connectivity index (χ1v) is 6.64. The Hall–Kier alpha value is -2.45. The zero-order valence-corrected chi connectivity index (χ0v) is 11.6. The van der Waals surface area contributed by atoms with Crippen LogP contribution in [0.3, 0.4) is 0 Å². The Morgan fingerprint density at radius 2 is 2.29 bits per heavy atom. The highest BCUT2D eigenvalue weighted by atomic mass is 16.6. The van der Waals surface area contributed by atoms with Crippen LogP contribution in [0.15, 0.2) is 12.3 Å². The summed E-state index contributed by atoms with van der Waals surface area (Å²) in [6, 6.07) is 1.27. The number of rotatable bonds is 7. The molecule has 2 rings (SSSR count). The number of aromatic nitrogens is 2. The van der Waals surface area contributed by atoms with Crippen molar-refractivity contribution < 1.29 is 19.2 Å². The number of hydrogen-bond donors (Lipinski definition) is 0. The highest BCUT2D eigenvalue weighted by molar-refractivity contribution is 5.82. The molecule has 21 heavy (non-hydrogen) atoms. The minimum absolute atomic E-state index is 0.0486. The van der Waals surface area contributed by atoms with Gasteiger partial charge in [-0.25, -0.2) is 0 Å². The van der Waals surface area contributed by atoms with E-state index in [0.717, 1.165) is 12.8 Å².